The Balaban J connectivity index is 0.755. The molecule has 0 saturated heterocycles. The molecule has 86 heavy (non-hydrogen) atoms. The molecule has 29 nitrogen and oxygen atoms in total. The van der Waals surface area contributed by atoms with E-state index in [1.807, 2.05) is 30.6 Å². The molecule has 9 amide bonds. The van der Waals surface area contributed by atoms with Crippen LogP contribution in [0.25, 0.3) is 11.3 Å². The molecule has 0 unspecified atom stereocenters. The van der Waals surface area contributed by atoms with Gasteiger partial charge in [0.05, 0.1) is 34.1 Å². The summed E-state index contributed by atoms with van der Waals surface area (Å²) in [6.07, 6.45) is 15.8. The van der Waals surface area contributed by atoms with Crippen molar-refractivity contribution in [2.75, 3.05) is 72.2 Å². The lowest BCUT2D eigenvalue weighted by Crippen LogP contribution is -2.32. The van der Waals surface area contributed by atoms with Crippen LogP contribution in [0.15, 0.2) is 92.2 Å². The molecule has 0 aromatic carbocycles. The maximum absolute atomic E-state index is 13.6. The highest BCUT2D eigenvalue weighted by molar-refractivity contribution is 6.09. The Kier molecular flexibility index (Phi) is 19.0. The van der Waals surface area contributed by atoms with Crippen molar-refractivity contribution < 1.29 is 43.2 Å². The number of hydrogen-bond acceptors (Lipinski definition) is 12. The molecular formula is C57H70N20O9. The summed E-state index contributed by atoms with van der Waals surface area (Å²) < 4.78 is 12.7. The van der Waals surface area contributed by atoms with Gasteiger partial charge in [-0.15, -0.1) is 0 Å². The van der Waals surface area contributed by atoms with Crippen LogP contribution in [0.2, 0.25) is 0 Å². The first-order valence-corrected chi connectivity index (χ1v) is 27.2. The van der Waals surface area contributed by atoms with E-state index < -0.39 is 35.4 Å². The molecule has 29 heteroatoms. The zero-order valence-electron chi connectivity index (χ0n) is 49.4. The van der Waals surface area contributed by atoms with E-state index in [0.717, 1.165) is 24.2 Å². The van der Waals surface area contributed by atoms with Gasteiger partial charge in [0.15, 0.2) is 11.6 Å². The summed E-state index contributed by atoms with van der Waals surface area (Å²) in [6.45, 7) is 1.77. The number of imidazole rings is 2. The number of aryl methyl sites for hydroxylation is 8. The topological polar surface area (TPSA) is 330 Å². The summed E-state index contributed by atoms with van der Waals surface area (Å²) in [4.78, 5) is 128. The van der Waals surface area contributed by atoms with Crippen LogP contribution in [0.3, 0.4) is 0 Å². The average molecular weight is 1180 g/mol. The monoisotopic (exact) mass is 1180 g/mol. The molecule has 9 N–H and O–H groups in total. The Labute approximate surface area is 494 Å². The Morgan fingerprint density at radius 1 is 0.407 bits per heavy atom. The van der Waals surface area contributed by atoms with Crippen molar-refractivity contribution in [2.24, 2.45) is 56.4 Å². The summed E-state index contributed by atoms with van der Waals surface area (Å²) in [5.41, 5.74) is 4.67. The van der Waals surface area contributed by atoms with Gasteiger partial charge < -0.3 is 89.3 Å². The smallest absolute Gasteiger partial charge is 0.292 e. The van der Waals surface area contributed by atoms with Crippen LogP contribution in [0.1, 0.15) is 99.4 Å². The van der Waals surface area contributed by atoms with Crippen LogP contribution in [0, 0.1) is 0 Å². The van der Waals surface area contributed by atoms with Gasteiger partial charge in [0.2, 0.25) is 17.6 Å². The van der Waals surface area contributed by atoms with E-state index >= 15 is 0 Å². The normalized spacial score (nSPS) is 11.1. The molecule has 0 aliphatic heterocycles. The van der Waals surface area contributed by atoms with E-state index in [0.29, 0.717) is 40.7 Å². The van der Waals surface area contributed by atoms with Gasteiger partial charge in [-0.25, -0.2) is 9.97 Å². The highest BCUT2D eigenvalue weighted by atomic mass is 16.2. The summed E-state index contributed by atoms with van der Waals surface area (Å²) in [5, 5.41) is 25.1. The Morgan fingerprint density at radius 3 is 1.40 bits per heavy atom. The van der Waals surface area contributed by atoms with E-state index in [-0.39, 0.29) is 90.3 Å². The first-order chi connectivity index (χ1) is 40.9. The van der Waals surface area contributed by atoms with Crippen molar-refractivity contribution in [1.82, 2.24) is 67.4 Å². The average Bonchev–Trinajstić information content (AvgIpc) is 2.50. The van der Waals surface area contributed by atoms with Crippen molar-refractivity contribution >= 4 is 87.4 Å². The predicted octanol–water partition coefficient (Wildman–Crippen LogP) is 3.45. The second-order valence-electron chi connectivity index (χ2n) is 21.0. The lowest BCUT2D eigenvalue weighted by molar-refractivity contribution is -0.121. The third kappa shape index (κ3) is 15.1. The molecule has 0 atom stereocenters. The van der Waals surface area contributed by atoms with Crippen molar-refractivity contribution in [1.29, 1.82) is 0 Å². The molecule has 0 spiro atoms. The number of rotatable bonds is 25. The number of anilines is 6. The fourth-order valence-corrected chi connectivity index (χ4v) is 9.41. The van der Waals surface area contributed by atoms with Gasteiger partial charge in [0.1, 0.15) is 28.5 Å². The number of amides is 9. The molecule has 0 aliphatic carbocycles. The highest BCUT2D eigenvalue weighted by Crippen LogP contribution is 2.28. The lowest BCUT2D eigenvalue weighted by Gasteiger charge is -2.10. The minimum atomic E-state index is -0.587. The third-order valence-electron chi connectivity index (χ3n) is 13.8. The van der Waals surface area contributed by atoms with E-state index in [1.54, 1.807) is 128 Å². The second kappa shape index (κ2) is 26.7. The van der Waals surface area contributed by atoms with Crippen LogP contribution >= 0.6 is 0 Å². The molecule has 0 radical (unpaired) electrons. The summed E-state index contributed by atoms with van der Waals surface area (Å²) >= 11 is 0. The number of carbonyl (C=O) groups excluding carboxylic acids is 9. The van der Waals surface area contributed by atoms with Gasteiger partial charge in [0, 0.05) is 150 Å². The summed E-state index contributed by atoms with van der Waals surface area (Å²) in [6, 6.07) is 9.57. The molecule has 452 valence electrons. The molecule has 0 aliphatic rings. The third-order valence-corrected chi connectivity index (χ3v) is 13.8. The standard InChI is InChI=1S/C57H70N20O9/c1-69(2)19-12-16-58-47(78)14-17-61-51(80)41-21-34(27-71(41)4)40-22-36(29-72(40)5)63-54(83)44-25-38(31-75(44)8)65-53(82)43-23-35(28-74(43)7)62-48(79)13-11-15-60-52(81)42-24-37(30-73(42)6)64-55(84)45-26-39(32-76(45)9)66-57(86)50-67-46(33-77(50)10)68-56(85)49-59-18-20-70(49)3/h18,20-33H,11-17,19H2,1-10H3,(H,58,78)(H,60,81)(H,61,80)(H,62,79)(H,63,83)(H,64,84)(H,65,82)(H,66,86)(H,68,85). The quantitative estimate of drug-likeness (QED) is 0.0372. The number of carbonyl (C=O) groups is 9. The van der Waals surface area contributed by atoms with Gasteiger partial charge in [-0.1, -0.05) is 0 Å². The van der Waals surface area contributed by atoms with Gasteiger partial charge in [-0.2, -0.15) is 0 Å². The number of nitrogens with zero attached hydrogens (tertiary/aromatic N) is 11. The van der Waals surface area contributed by atoms with E-state index in [9.17, 15) is 43.2 Å². The van der Waals surface area contributed by atoms with Crippen LogP contribution in [0.4, 0.5) is 34.3 Å². The van der Waals surface area contributed by atoms with Gasteiger partial charge in [-0.05, 0) is 69.9 Å². The van der Waals surface area contributed by atoms with Crippen LogP contribution in [0.5, 0.6) is 0 Å². The van der Waals surface area contributed by atoms with Crippen molar-refractivity contribution in [2.45, 2.75) is 25.7 Å². The zero-order valence-corrected chi connectivity index (χ0v) is 49.4. The first kappa shape index (κ1) is 61.4. The maximum atomic E-state index is 13.6. The number of hydrogen-bond donors (Lipinski definition) is 9. The molecule has 8 aromatic rings. The van der Waals surface area contributed by atoms with Crippen molar-refractivity contribution in [3.05, 3.63) is 132 Å². The molecule has 8 rings (SSSR count). The largest absolute Gasteiger partial charge is 0.356 e. The molecule has 0 fully saturated rings. The molecule has 8 heterocycles. The number of nitrogens with one attached hydrogen (secondary N) is 9. The SMILES string of the molecule is CN(C)CCCNC(=O)CCNC(=O)c1cc(-c2cc(NC(=O)c3cc(NC(=O)c4cc(NC(=O)CCCNC(=O)c5cc(NC(=O)c6cc(NC(=O)c7nc(NC(=O)c8nccn8C)cn7C)cn6C)cn5C)cn4C)cn3C)cn2C)cn1C. The highest BCUT2D eigenvalue weighted by Gasteiger charge is 2.23. The Bertz CT molecular complexity index is 3890. The van der Waals surface area contributed by atoms with Gasteiger partial charge in [0.25, 0.3) is 41.4 Å². The fraction of sp³-hybridized carbons (Fsp3) is 0.316. The van der Waals surface area contributed by atoms with E-state index in [1.165, 1.54) is 45.8 Å². The number of aromatic nitrogens is 10. The van der Waals surface area contributed by atoms with Gasteiger partial charge >= 0.3 is 0 Å². The molecule has 8 aromatic heterocycles. The zero-order chi connectivity index (χ0) is 62.1. The van der Waals surface area contributed by atoms with E-state index in [2.05, 4.69) is 57.8 Å². The molecule has 0 saturated carbocycles. The molecule has 0 bridgehead atoms. The minimum Gasteiger partial charge on any atom is -0.356 e. The summed E-state index contributed by atoms with van der Waals surface area (Å²) in [7, 11) is 17.4. The van der Waals surface area contributed by atoms with Crippen LogP contribution in [-0.4, -0.2) is 145 Å². The maximum Gasteiger partial charge on any atom is 0.292 e. The molecular weight excluding hydrogens is 1110 g/mol. The summed E-state index contributed by atoms with van der Waals surface area (Å²) in [5.74, 6) is -3.46. The van der Waals surface area contributed by atoms with Crippen molar-refractivity contribution in [3.8, 4) is 11.3 Å². The lowest BCUT2D eigenvalue weighted by atomic mass is 10.2. The predicted molar refractivity (Wildman–Crippen MR) is 321 cm³/mol. The van der Waals surface area contributed by atoms with Crippen LogP contribution < -0.4 is 47.9 Å². The van der Waals surface area contributed by atoms with Crippen LogP contribution in [-0.2, 0) is 66.0 Å². The van der Waals surface area contributed by atoms with E-state index in [4.69, 9.17) is 0 Å². The Morgan fingerprint density at radius 2 is 0.860 bits per heavy atom. The minimum absolute atomic E-state index is 0.000942. The fourth-order valence-electron chi connectivity index (χ4n) is 9.41. The Hall–Kier alpha value is -10.7. The second-order valence-corrected chi connectivity index (χ2v) is 21.0. The first-order valence-electron chi connectivity index (χ1n) is 27.2. The van der Waals surface area contributed by atoms with Gasteiger partial charge in [-0.3, -0.25) is 43.2 Å². The van der Waals surface area contributed by atoms with Crippen molar-refractivity contribution in [3.63, 3.8) is 0 Å².